The summed E-state index contributed by atoms with van der Waals surface area (Å²) in [5.74, 6) is -0.655. The maximum Gasteiger partial charge on any atom is 0.338 e. The van der Waals surface area contributed by atoms with Gasteiger partial charge in [-0.3, -0.25) is 9.69 Å². The van der Waals surface area contributed by atoms with Gasteiger partial charge >= 0.3 is 5.97 Å². The van der Waals surface area contributed by atoms with Crippen LogP contribution in [0.2, 0.25) is 0 Å². The summed E-state index contributed by atoms with van der Waals surface area (Å²) < 4.78 is 15.6. The van der Waals surface area contributed by atoms with Gasteiger partial charge < -0.3 is 24.8 Å². The number of amides is 1. The van der Waals surface area contributed by atoms with Crippen LogP contribution in [0.4, 0.5) is 11.4 Å². The van der Waals surface area contributed by atoms with Crippen LogP contribution in [0.1, 0.15) is 34.0 Å². The molecule has 1 aliphatic heterocycles. The summed E-state index contributed by atoms with van der Waals surface area (Å²) in [6.45, 7) is 5.76. The van der Waals surface area contributed by atoms with E-state index >= 15 is 0 Å². The Morgan fingerprint density at radius 2 is 1.59 bits per heavy atom. The molecule has 0 saturated heterocycles. The van der Waals surface area contributed by atoms with E-state index < -0.39 is 5.97 Å². The molecular weight excluding hydrogens is 494 g/mol. The number of carbonyl (C=O) groups excluding carboxylic acids is 2. The standard InChI is InChI=1S/C31H35N3O5/c1-4-39-31(36)24-12-15-26-27(20-24)33-30(35)28(26)29(23-8-6-5-7-9-23)32-25-13-10-22(11-14-25)21-34(16-18-37-2)17-19-38-3/h5-15,20,32H,4,16-19,21H2,1-3H3,(H,33,35)/b29-28-. The number of ether oxygens (including phenoxy) is 3. The van der Waals surface area contributed by atoms with Gasteiger partial charge in [0.25, 0.3) is 5.91 Å². The van der Waals surface area contributed by atoms with Crippen LogP contribution in [-0.2, 0) is 25.5 Å². The predicted molar refractivity (Wildman–Crippen MR) is 153 cm³/mol. The molecule has 3 aromatic carbocycles. The first kappa shape index (κ1) is 28.0. The molecule has 8 nitrogen and oxygen atoms in total. The minimum atomic E-state index is -0.420. The number of esters is 1. The molecule has 1 heterocycles. The van der Waals surface area contributed by atoms with E-state index in [1.165, 1.54) is 0 Å². The van der Waals surface area contributed by atoms with E-state index in [2.05, 4.69) is 27.7 Å². The lowest BCUT2D eigenvalue weighted by molar-refractivity contribution is -0.110. The molecule has 0 radical (unpaired) electrons. The van der Waals surface area contributed by atoms with Gasteiger partial charge in [-0.15, -0.1) is 0 Å². The zero-order valence-electron chi connectivity index (χ0n) is 22.7. The first-order chi connectivity index (χ1) is 19.0. The van der Waals surface area contributed by atoms with Crippen molar-refractivity contribution >= 4 is 34.5 Å². The fourth-order valence-electron chi connectivity index (χ4n) is 4.45. The summed E-state index contributed by atoms with van der Waals surface area (Å²) >= 11 is 0. The van der Waals surface area contributed by atoms with Gasteiger partial charge in [-0.2, -0.15) is 0 Å². The highest BCUT2D eigenvalue weighted by atomic mass is 16.5. The van der Waals surface area contributed by atoms with Crippen LogP contribution in [0.25, 0.3) is 11.3 Å². The first-order valence-corrected chi connectivity index (χ1v) is 13.0. The van der Waals surface area contributed by atoms with Gasteiger partial charge in [-0.1, -0.05) is 48.5 Å². The van der Waals surface area contributed by atoms with E-state index in [0.29, 0.717) is 35.7 Å². The molecule has 0 aliphatic carbocycles. The number of hydrogen-bond acceptors (Lipinski definition) is 7. The molecule has 3 aromatic rings. The van der Waals surface area contributed by atoms with Crippen molar-refractivity contribution in [3.63, 3.8) is 0 Å². The smallest absolute Gasteiger partial charge is 0.338 e. The molecule has 4 rings (SSSR count). The minimum absolute atomic E-state index is 0.235. The maximum atomic E-state index is 13.2. The molecule has 204 valence electrons. The van der Waals surface area contributed by atoms with Crippen LogP contribution in [0.15, 0.2) is 72.8 Å². The fraction of sp³-hybridized carbons (Fsp3) is 0.290. The topological polar surface area (TPSA) is 89.1 Å². The normalized spacial score (nSPS) is 13.7. The third kappa shape index (κ3) is 7.11. The monoisotopic (exact) mass is 529 g/mol. The molecule has 2 N–H and O–H groups in total. The summed E-state index contributed by atoms with van der Waals surface area (Å²) in [4.78, 5) is 27.8. The number of nitrogens with one attached hydrogen (secondary N) is 2. The van der Waals surface area contributed by atoms with Gasteiger partial charge in [-0.25, -0.2) is 4.79 Å². The maximum absolute atomic E-state index is 13.2. The molecule has 1 amide bonds. The molecule has 0 fully saturated rings. The van der Waals surface area contributed by atoms with Crippen molar-refractivity contribution in [1.82, 2.24) is 4.90 Å². The van der Waals surface area contributed by atoms with E-state index in [1.807, 2.05) is 42.5 Å². The highest BCUT2D eigenvalue weighted by molar-refractivity contribution is 6.37. The van der Waals surface area contributed by atoms with Gasteiger partial charge in [0.15, 0.2) is 0 Å². The third-order valence-electron chi connectivity index (χ3n) is 6.44. The molecule has 0 spiro atoms. The number of hydrogen-bond donors (Lipinski definition) is 2. The second kappa shape index (κ2) is 13.7. The van der Waals surface area contributed by atoms with Crippen LogP contribution < -0.4 is 10.6 Å². The summed E-state index contributed by atoms with van der Waals surface area (Å²) in [6, 6.07) is 23.1. The highest BCUT2D eigenvalue weighted by Gasteiger charge is 2.29. The Morgan fingerprint density at radius 3 is 2.23 bits per heavy atom. The largest absolute Gasteiger partial charge is 0.462 e. The van der Waals surface area contributed by atoms with Gasteiger partial charge in [0.1, 0.15) is 0 Å². The van der Waals surface area contributed by atoms with Gasteiger partial charge in [-0.05, 0) is 42.3 Å². The Labute approximate surface area is 229 Å². The summed E-state index contributed by atoms with van der Waals surface area (Å²) in [7, 11) is 3.41. The number of nitrogens with zero attached hydrogens (tertiary/aromatic N) is 1. The van der Waals surface area contributed by atoms with E-state index in [0.717, 1.165) is 42.0 Å². The van der Waals surface area contributed by atoms with E-state index in [1.54, 1.807) is 39.3 Å². The van der Waals surface area contributed by atoms with Crippen LogP contribution in [-0.4, -0.2) is 63.9 Å². The van der Waals surface area contributed by atoms with Crippen molar-refractivity contribution in [3.05, 3.63) is 95.1 Å². The van der Waals surface area contributed by atoms with E-state index in [4.69, 9.17) is 14.2 Å². The van der Waals surface area contributed by atoms with Crippen molar-refractivity contribution in [2.45, 2.75) is 13.5 Å². The Morgan fingerprint density at radius 1 is 0.897 bits per heavy atom. The fourth-order valence-corrected chi connectivity index (χ4v) is 4.45. The molecular formula is C31H35N3O5. The Bertz CT molecular complexity index is 1300. The Hall–Kier alpha value is -3.98. The minimum Gasteiger partial charge on any atom is -0.462 e. The number of rotatable bonds is 13. The molecule has 1 aliphatic rings. The average Bonchev–Trinajstić information content (AvgIpc) is 3.29. The second-order valence-corrected chi connectivity index (χ2v) is 9.13. The molecule has 0 aromatic heterocycles. The predicted octanol–water partition coefficient (Wildman–Crippen LogP) is 4.89. The van der Waals surface area contributed by atoms with Crippen LogP contribution in [0.3, 0.4) is 0 Å². The number of carbonyl (C=O) groups is 2. The van der Waals surface area contributed by atoms with Crippen LogP contribution in [0.5, 0.6) is 0 Å². The lowest BCUT2D eigenvalue weighted by atomic mass is 9.99. The highest BCUT2D eigenvalue weighted by Crippen LogP contribution is 2.38. The number of methoxy groups -OCH3 is 2. The first-order valence-electron chi connectivity index (χ1n) is 13.0. The quantitative estimate of drug-likeness (QED) is 0.241. The molecule has 8 heteroatoms. The number of benzene rings is 3. The van der Waals surface area contributed by atoms with E-state index in [9.17, 15) is 9.59 Å². The van der Waals surface area contributed by atoms with Crippen molar-refractivity contribution in [1.29, 1.82) is 0 Å². The van der Waals surface area contributed by atoms with Crippen molar-refractivity contribution in [2.75, 3.05) is 57.8 Å². The second-order valence-electron chi connectivity index (χ2n) is 9.13. The average molecular weight is 530 g/mol. The Kier molecular flexibility index (Phi) is 9.85. The number of fused-ring (bicyclic) bond motifs is 1. The summed E-state index contributed by atoms with van der Waals surface area (Å²) in [5.41, 5.74) is 5.80. The molecule has 0 saturated carbocycles. The molecule has 39 heavy (non-hydrogen) atoms. The third-order valence-corrected chi connectivity index (χ3v) is 6.44. The van der Waals surface area contributed by atoms with Gasteiger partial charge in [0.2, 0.25) is 0 Å². The van der Waals surface area contributed by atoms with E-state index in [-0.39, 0.29) is 12.5 Å². The summed E-state index contributed by atoms with van der Waals surface area (Å²) in [6.07, 6.45) is 0. The lowest BCUT2D eigenvalue weighted by Gasteiger charge is -2.22. The van der Waals surface area contributed by atoms with Crippen LogP contribution >= 0.6 is 0 Å². The molecule has 0 atom stereocenters. The zero-order valence-corrected chi connectivity index (χ0v) is 22.7. The number of anilines is 2. The van der Waals surface area contributed by atoms with Crippen molar-refractivity contribution < 1.29 is 23.8 Å². The van der Waals surface area contributed by atoms with Crippen molar-refractivity contribution in [3.8, 4) is 0 Å². The van der Waals surface area contributed by atoms with Gasteiger partial charge in [0, 0.05) is 45.1 Å². The summed E-state index contributed by atoms with van der Waals surface area (Å²) in [5, 5.41) is 6.40. The van der Waals surface area contributed by atoms with Crippen molar-refractivity contribution in [2.24, 2.45) is 0 Å². The molecule has 0 unspecified atom stereocenters. The zero-order chi connectivity index (χ0) is 27.6. The SMILES string of the molecule is CCOC(=O)c1ccc2c(c1)NC(=O)/C2=C(\Nc1ccc(CN(CCOC)CCOC)cc1)c1ccccc1. The van der Waals surface area contributed by atoms with Crippen LogP contribution in [0, 0.1) is 0 Å². The van der Waals surface area contributed by atoms with Gasteiger partial charge in [0.05, 0.1) is 42.3 Å². The lowest BCUT2D eigenvalue weighted by Crippen LogP contribution is -2.30. The Balaban J connectivity index is 1.63. The molecule has 0 bridgehead atoms.